The Labute approximate surface area is 171 Å². The molecule has 1 saturated carbocycles. The monoisotopic (exact) mass is 390 g/mol. The lowest BCUT2D eigenvalue weighted by molar-refractivity contribution is -0.186. The summed E-state index contributed by atoms with van der Waals surface area (Å²) in [5, 5.41) is 0. The van der Waals surface area contributed by atoms with Gasteiger partial charge in [0.2, 0.25) is 0 Å². The lowest BCUT2D eigenvalue weighted by Crippen LogP contribution is -2.68. The Hall–Kier alpha value is -2.62. The average molecular weight is 390 g/mol. The molecule has 1 fully saturated rings. The summed E-state index contributed by atoms with van der Waals surface area (Å²) in [6, 6.07) is 16.7. The van der Waals surface area contributed by atoms with Crippen LogP contribution in [-0.4, -0.2) is 24.1 Å². The van der Waals surface area contributed by atoms with Crippen molar-refractivity contribution in [2.75, 3.05) is 0 Å². The van der Waals surface area contributed by atoms with E-state index in [1.807, 2.05) is 52.0 Å². The van der Waals surface area contributed by atoms with Crippen LogP contribution in [0, 0.1) is 11.8 Å². The third-order valence-corrected chi connectivity index (χ3v) is 6.84. The van der Waals surface area contributed by atoms with E-state index in [1.165, 1.54) is 22.3 Å². The van der Waals surface area contributed by atoms with E-state index in [1.54, 1.807) is 0 Å². The minimum atomic E-state index is -0.520. The van der Waals surface area contributed by atoms with Crippen molar-refractivity contribution >= 4 is 11.9 Å². The molecular weight excluding hydrogens is 364 g/mol. The van der Waals surface area contributed by atoms with Gasteiger partial charge in [-0.05, 0) is 49.9 Å². The summed E-state index contributed by atoms with van der Waals surface area (Å²) in [5.41, 5.74) is 4.46. The fraction of sp³-hybridized carbons (Fsp3) is 0.440. The number of benzene rings is 2. The molecule has 1 spiro atoms. The highest BCUT2D eigenvalue weighted by Crippen LogP contribution is 2.79. The summed E-state index contributed by atoms with van der Waals surface area (Å²) < 4.78 is 11.3. The lowest BCUT2D eigenvalue weighted by atomic mass is 9.36. The number of esters is 2. The largest absolute Gasteiger partial charge is 0.463 e. The summed E-state index contributed by atoms with van der Waals surface area (Å²) in [5.74, 6) is -1.52. The summed E-state index contributed by atoms with van der Waals surface area (Å²) >= 11 is 0. The van der Waals surface area contributed by atoms with Crippen molar-refractivity contribution in [2.24, 2.45) is 11.8 Å². The van der Waals surface area contributed by atoms with Crippen LogP contribution in [0.25, 0.3) is 0 Å². The Morgan fingerprint density at radius 1 is 0.793 bits per heavy atom. The number of carbonyl (C=O) groups excluding carboxylic acids is 2. The van der Waals surface area contributed by atoms with Crippen LogP contribution < -0.4 is 0 Å². The van der Waals surface area contributed by atoms with Crippen LogP contribution in [0.4, 0.5) is 0 Å². The first-order valence-electron chi connectivity index (χ1n) is 10.5. The molecule has 4 heteroatoms. The zero-order valence-corrected chi connectivity index (χ0v) is 17.2. The number of carbonyl (C=O) groups is 2. The molecule has 0 bridgehead atoms. The summed E-state index contributed by atoms with van der Waals surface area (Å²) in [7, 11) is 0. The van der Waals surface area contributed by atoms with Crippen molar-refractivity contribution in [3.8, 4) is 0 Å². The zero-order valence-electron chi connectivity index (χ0n) is 17.2. The van der Waals surface area contributed by atoms with Crippen molar-refractivity contribution in [1.29, 1.82) is 0 Å². The molecule has 5 atom stereocenters. The van der Waals surface area contributed by atoms with E-state index in [9.17, 15) is 9.59 Å². The van der Waals surface area contributed by atoms with Gasteiger partial charge < -0.3 is 9.47 Å². The lowest BCUT2D eigenvalue weighted by Gasteiger charge is -2.64. The first kappa shape index (κ1) is 18.4. The molecule has 2 aromatic carbocycles. The van der Waals surface area contributed by atoms with Crippen molar-refractivity contribution in [3.05, 3.63) is 70.8 Å². The fourth-order valence-electron chi connectivity index (χ4n) is 6.20. The molecule has 3 aliphatic carbocycles. The van der Waals surface area contributed by atoms with Gasteiger partial charge in [0.05, 0.1) is 24.0 Å². The Morgan fingerprint density at radius 3 is 2.00 bits per heavy atom. The molecule has 0 unspecified atom stereocenters. The molecule has 29 heavy (non-hydrogen) atoms. The molecule has 0 radical (unpaired) electrons. The van der Waals surface area contributed by atoms with Gasteiger partial charge in [0.25, 0.3) is 0 Å². The Bertz CT molecular complexity index is 1000. The van der Waals surface area contributed by atoms with Gasteiger partial charge in [-0.2, -0.15) is 0 Å². The molecule has 0 heterocycles. The Morgan fingerprint density at radius 2 is 1.34 bits per heavy atom. The van der Waals surface area contributed by atoms with Gasteiger partial charge in [0.1, 0.15) is 0 Å². The first-order chi connectivity index (χ1) is 13.9. The number of hydrogen-bond donors (Lipinski definition) is 0. The van der Waals surface area contributed by atoms with Gasteiger partial charge in [0, 0.05) is 17.3 Å². The quantitative estimate of drug-likeness (QED) is 0.730. The van der Waals surface area contributed by atoms with Gasteiger partial charge in [-0.3, -0.25) is 9.59 Å². The second kappa shape index (κ2) is 6.19. The van der Waals surface area contributed by atoms with Gasteiger partial charge in [-0.1, -0.05) is 48.5 Å². The maximum absolute atomic E-state index is 13.3. The summed E-state index contributed by atoms with van der Waals surface area (Å²) in [4.78, 5) is 26.4. The van der Waals surface area contributed by atoms with E-state index < -0.39 is 17.3 Å². The molecule has 4 nitrogen and oxygen atoms in total. The van der Waals surface area contributed by atoms with Gasteiger partial charge in [0.15, 0.2) is 0 Å². The van der Waals surface area contributed by atoms with Gasteiger partial charge in [-0.15, -0.1) is 0 Å². The van der Waals surface area contributed by atoms with E-state index in [0.717, 1.165) is 0 Å². The van der Waals surface area contributed by atoms with Crippen molar-refractivity contribution in [2.45, 2.75) is 57.2 Å². The predicted octanol–water partition coefficient (Wildman–Crippen LogP) is 4.32. The summed E-state index contributed by atoms with van der Waals surface area (Å²) in [6.07, 6.45) is -0.445. The van der Waals surface area contributed by atoms with Crippen molar-refractivity contribution < 1.29 is 19.1 Å². The molecule has 150 valence electrons. The maximum atomic E-state index is 13.3. The van der Waals surface area contributed by atoms with Gasteiger partial charge in [-0.25, -0.2) is 0 Å². The fourth-order valence-corrected chi connectivity index (χ4v) is 6.20. The van der Waals surface area contributed by atoms with Crippen LogP contribution in [0.15, 0.2) is 48.5 Å². The Kier molecular flexibility index (Phi) is 3.93. The predicted molar refractivity (Wildman–Crippen MR) is 109 cm³/mol. The molecule has 0 N–H and O–H groups in total. The highest BCUT2D eigenvalue weighted by Gasteiger charge is 2.79. The van der Waals surface area contributed by atoms with E-state index in [0.29, 0.717) is 0 Å². The standard InChI is InChI=1S/C25H26O4/c1-13(2)28-23(26)19-21-16-10-6-5-9-15(16)20-17-11-7-8-12-18(17)25(20,21)22(19)24(27)29-14(3)4/h5-14,19-22H,1-4H3/t19-,20+,21+,22+,25+/m1/s1. The first-order valence-corrected chi connectivity index (χ1v) is 10.5. The number of hydrogen-bond acceptors (Lipinski definition) is 4. The third-order valence-electron chi connectivity index (χ3n) is 6.84. The molecule has 2 aromatic rings. The maximum Gasteiger partial charge on any atom is 0.311 e. The van der Waals surface area contributed by atoms with Crippen LogP contribution in [0.2, 0.25) is 0 Å². The SMILES string of the molecule is CC(C)OC(=O)[C@H]1[C@@H](C(=O)OC(C)C)[C@@]23c4ccccc4[C@@H]2c2ccccc2[C@@H]13. The normalized spacial score (nSPS) is 30.4. The number of fused-ring (bicyclic) bond motifs is 5. The van der Waals surface area contributed by atoms with Crippen molar-refractivity contribution in [1.82, 2.24) is 0 Å². The zero-order chi connectivity index (χ0) is 20.5. The molecule has 0 aromatic heterocycles. The van der Waals surface area contributed by atoms with Crippen molar-refractivity contribution in [3.63, 3.8) is 0 Å². The molecule has 3 aliphatic rings. The van der Waals surface area contributed by atoms with Crippen LogP contribution in [0.3, 0.4) is 0 Å². The minimum absolute atomic E-state index is 0.0467. The van der Waals surface area contributed by atoms with Crippen LogP contribution >= 0.6 is 0 Å². The molecule has 5 rings (SSSR count). The molecular formula is C25H26O4. The third kappa shape index (κ3) is 2.20. The average Bonchev–Trinajstić information content (AvgIpc) is 2.81. The second-order valence-electron chi connectivity index (χ2n) is 9.03. The number of rotatable bonds is 4. The van der Waals surface area contributed by atoms with E-state index in [2.05, 4.69) is 24.3 Å². The minimum Gasteiger partial charge on any atom is -0.463 e. The van der Waals surface area contributed by atoms with E-state index in [4.69, 9.17) is 9.47 Å². The van der Waals surface area contributed by atoms with E-state index in [-0.39, 0.29) is 36.0 Å². The molecule has 0 saturated heterocycles. The van der Waals surface area contributed by atoms with E-state index >= 15 is 0 Å². The van der Waals surface area contributed by atoms with Crippen LogP contribution in [0.1, 0.15) is 61.8 Å². The highest BCUT2D eigenvalue weighted by molar-refractivity contribution is 5.92. The smallest absolute Gasteiger partial charge is 0.311 e. The molecule has 0 amide bonds. The topological polar surface area (TPSA) is 52.6 Å². The van der Waals surface area contributed by atoms with Gasteiger partial charge >= 0.3 is 11.9 Å². The molecule has 0 aliphatic heterocycles. The summed E-state index contributed by atoms with van der Waals surface area (Å²) in [6.45, 7) is 7.39. The highest BCUT2D eigenvalue weighted by atomic mass is 16.6. The Balaban J connectivity index is 1.68. The van der Waals surface area contributed by atoms with Crippen LogP contribution in [-0.2, 0) is 24.5 Å². The second-order valence-corrected chi connectivity index (χ2v) is 9.03. The number of ether oxygens (including phenoxy) is 2. The van der Waals surface area contributed by atoms with Crippen LogP contribution in [0.5, 0.6) is 0 Å².